The van der Waals surface area contributed by atoms with Crippen molar-refractivity contribution in [2.75, 3.05) is 5.73 Å². The molecule has 0 heterocycles. The molecule has 0 aromatic heterocycles. The van der Waals surface area contributed by atoms with E-state index >= 15 is 0 Å². The first-order chi connectivity index (χ1) is 6.61. The summed E-state index contributed by atoms with van der Waals surface area (Å²) < 4.78 is 14.3. The lowest BCUT2D eigenvalue weighted by atomic mass is 10.1. The van der Waals surface area contributed by atoms with E-state index in [2.05, 4.69) is 15.9 Å². The Hall–Kier alpha value is -0.800. The Morgan fingerprint density at radius 2 is 2.07 bits per heavy atom. The van der Waals surface area contributed by atoms with Crippen LogP contribution in [0.1, 0.15) is 0 Å². The zero-order chi connectivity index (χ0) is 10.3. The summed E-state index contributed by atoms with van der Waals surface area (Å²) in [5.74, 6) is -0.425. The van der Waals surface area contributed by atoms with E-state index in [1.54, 1.807) is 18.2 Å². The highest BCUT2D eigenvalue weighted by Crippen LogP contribution is 2.34. The molecule has 0 bridgehead atoms. The number of halogens is 3. The number of nitrogen functional groups attached to an aromatic ring is 1. The van der Waals surface area contributed by atoms with Gasteiger partial charge >= 0.3 is 0 Å². The van der Waals surface area contributed by atoms with Crippen LogP contribution in [0.3, 0.4) is 0 Å². The van der Waals surface area contributed by atoms with Crippen LogP contribution >= 0.6 is 27.5 Å². The molecule has 0 aliphatic carbocycles. The molecule has 0 amide bonds. The van der Waals surface area contributed by atoms with E-state index < -0.39 is 5.82 Å². The van der Waals surface area contributed by atoms with Gasteiger partial charge in [0.05, 0.1) is 5.69 Å². The van der Waals surface area contributed by atoms with Crippen LogP contribution in [0.5, 0.6) is 0 Å². The Labute approximate surface area is 93.8 Å². The second kappa shape index (κ2) is 3.41. The maximum Gasteiger partial charge on any atom is 0.154 e. The zero-order valence-corrected chi connectivity index (χ0v) is 9.36. The van der Waals surface area contributed by atoms with Crippen molar-refractivity contribution in [1.82, 2.24) is 0 Å². The molecule has 0 saturated heterocycles. The Morgan fingerprint density at radius 1 is 1.36 bits per heavy atom. The molecule has 2 aromatic rings. The van der Waals surface area contributed by atoms with Crippen LogP contribution in [0.15, 0.2) is 28.7 Å². The van der Waals surface area contributed by atoms with E-state index in [-0.39, 0.29) is 5.69 Å². The summed E-state index contributed by atoms with van der Waals surface area (Å²) >= 11 is 9.25. The summed E-state index contributed by atoms with van der Waals surface area (Å²) in [5, 5.41) is 1.60. The van der Waals surface area contributed by atoms with Gasteiger partial charge in [0.1, 0.15) is 0 Å². The quantitative estimate of drug-likeness (QED) is 0.723. The smallest absolute Gasteiger partial charge is 0.154 e. The average Bonchev–Trinajstić information content (AvgIpc) is 2.14. The highest BCUT2D eigenvalue weighted by Gasteiger charge is 2.10. The van der Waals surface area contributed by atoms with Crippen LogP contribution in [0, 0.1) is 5.82 Å². The van der Waals surface area contributed by atoms with Gasteiger partial charge in [-0.3, -0.25) is 0 Å². The van der Waals surface area contributed by atoms with Crippen LogP contribution in [-0.2, 0) is 0 Å². The van der Waals surface area contributed by atoms with Crippen LogP contribution in [0.4, 0.5) is 10.1 Å². The van der Waals surface area contributed by atoms with E-state index in [1.807, 2.05) is 0 Å². The molecule has 0 aliphatic heterocycles. The lowest BCUT2D eigenvalue weighted by Gasteiger charge is -2.06. The lowest BCUT2D eigenvalue weighted by Crippen LogP contribution is -1.92. The van der Waals surface area contributed by atoms with Gasteiger partial charge in [-0.05, 0) is 12.1 Å². The van der Waals surface area contributed by atoms with Crippen molar-refractivity contribution in [3.05, 3.63) is 39.6 Å². The van der Waals surface area contributed by atoms with Crippen molar-refractivity contribution >= 4 is 44.0 Å². The summed E-state index contributed by atoms with van der Waals surface area (Å²) in [6.07, 6.45) is 0. The van der Waals surface area contributed by atoms with E-state index in [0.29, 0.717) is 20.3 Å². The molecule has 14 heavy (non-hydrogen) atoms. The Bertz CT molecular complexity index is 513. The minimum absolute atomic E-state index is 0.117. The van der Waals surface area contributed by atoms with Crippen molar-refractivity contribution < 1.29 is 4.39 Å². The van der Waals surface area contributed by atoms with Crippen molar-refractivity contribution in [2.24, 2.45) is 0 Å². The lowest BCUT2D eigenvalue weighted by molar-refractivity contribution is 0.644. The molecule has 2 rings (SSSR count). The van der Waals surface area contributed by atoms with Gasteiger partial charge in [-0.25, -0.2) is 4.39 Å². The molecule has 0 aliphatic rings. The number of anilines is 1. The first-order valence-corrected chi connectivity index (χ1v) is 5.10. The van der Waals surface area contributed by atoms with Crippen LogP contribution in [-0.4, -0.2) is 0 Å². The summed E-state index contributed by atoms with van der Waals surface area (Å²) in [6, 6.07) is 6.57. The Kier molecular flexibility index (Phi) is 2.37. The maximum atomic E-state index is 13.6. The number of benzene rings is 2. The summed E-state index contributed by atoms with van der Waals surface area (Å²) in [7, 11) is 0. The second-order valence-corrected chi connectivity index (χ2v) is 4.19. The topological polar surface area (TPSA) is 26.0 Å². The second-order valence-electron chi connectivity index (χ2n) is 2.92. The average molecular weight is 275 g/mol. The minimum atomic E-state index is -0.425. The molecule has 0 spiro atoms. The van der Waals surface area contributed by atoms with E-state index in [4.69, 9.17) is 17.3 Å². The van der Waals surface area contributed by atoms with Gasteiger partial charge in [-0.15, -0.1) is 0 Å². The van der Waals surface area contributed by atoms with E-state index in [9.17, 15) is 4.39 Å². The van der Waals surface area contributed by atoms with Gasteiger partial charge in [0, 0.05) is 20.3 Å². The van der Waals surface area contributed by atoms with Gasteiger partial charge in [0.2, 0.25) is 0 Å². The van der Waals surface area contributed by atoms with Crippen molar-refractivity contribution in [1.29, 1.82) is 0 Å². The number of nitrogens with two attached hydrogens (primary N) is 1. The number of fused-ring (bicyclic) bond motifs is 1. The van der Waals surface area contributed by atoms with Crippen molar-refractivity contribution in [3.8, 4) is 0 Å². The third-order valence-corrected chi connectivity index (χ3v) is 2.96. The minimum Gasteiger partial charge on any atom is -0.396 e. The van der Waals surface area contributed by atoms with Gasteiger partial charge in [0.25, 0.3) is 0 Å². The zero-order valence-electron chi connectivity index (χ0n) is 7.02. The van der Waals surface area contributed by atoms with Crippen molar-refractivity contribution in [2.45, 2.75) is 0 Å². The molecule has 0 unspecified atom stereocenters. The Balaban J connectivity index is 3.02. The highest BCUT2D eigenvalue weighted by atomic mass is 79.9. The summed E-state index contributed by atoms with van der Waals surface area (Å²) in [4.78, 5) is 0. The number of hydrogen-bond donors (Lipinski definition) is 1. The molecule has 0 fully saturated rings. The molecule has 2 N–H and O–H groups in total. The first-order valence-electron chi connectivity index (χ1n) is 3.93. The fourth-order valence-corrected chi connectivity index (χ4v) is 2.44. The fraction of sp³-hybridized carbons (Fsp3) is 0. The van der Waals surface area contributed by atoms with Crippen LogP contribution in [0.2, 0.25) is 5.02 Å². The Morgan fingerprint density at radius 3 is 2.79 bits per heavy atom. The van der Waals surface area contributed by atoms with Gasteiger partial charge in [-0.1, -0.05) is 39.7 Å². The summed E-state index contributed by atoms with van der Waals surface area (Å²) in [6.45, 7) is 0. The van der Waals surface area contributed by atoms with E-state index in [0.717, 1.165) is 0 Å². The van der Waals surface area contributed by atoms with Crippen LogP contribution < -0.4 is 5.73 Å². The third kappa shape index (κ3) is 1.37. The third-order valence-electron chi connectivity index (χ3n) is 2.02. The number of rotatable bonds is 0. The molecule has 2 aromatic carbocycles. The molecule has 72 valence electrons. The molecule has 1 nitrogen and oxygen atoms in total. The SMILES string of the molecule is Nc1cc(Br)c2c(Cl)cccc2c1F. The molecule has 0 atom stereocenters. The van der Waals surface area contributed by atoms with E-state index in [1.165, 1.54) is 6.07 Å². The molecule has 0 saturated carbocycles. The van der Waals surface area contributed by atoms with Gasteiger partial charge < -0.3 is 5.73 Å². The molecular weight excluding hydrogens is 268 g/mol. The summed E-state index contributed by atoms with van der Waals surface area (Å²) in [5.41, 5.74) is 5.61. The maximum absolute atomic E-state index is 13.6. The van der Waals surface area contributed by atoms with Crippen LogP contribution in [0.25, 0.3) is 10.8 Å². The fourth-order valence-electron chi connectivity index (χ4n) is 1.38. The van der Waals surface area contributed by atoms with Gasteiger partial charge in [0.15, 0.2) is 5.82 Å². The predicted octanol–water partition coefficient (Wildman–Crippen LogP) is 3.98. The van der Waals surface area contributed by atoms with Crippen molar-refractivity contribution in [3.63, 3.8) is 0 Å². The number of hydrogen-bond acceptors (Lipinski definition) is 1. The molecule has 0 radical (unpaired) electrons. The van der Waals surface area contributed by atoms with Gasteiger partial charge in [-0.2, -0.15) is 0 Å². The largest absolute Gasteiger partial charge is 0.396 e. The first kappa shape index (κ1) is 9.74. The molecule has 4 heteroatoms. The predicted molar refractivity (Wildman–Crippen MR) is 61.0 cm³/mol. The molecular formula is C10H6BrClFN. The monoisotopic (exact) mass is 273 g/mol. The standard InChI is InChI=1S/C10H6BrClFN/c11-6-4-8(14)10(13)5-2-1-3-7(12)9(5)6/h1-4H,14H2. The highest BCUT2D eigenvalue weighted by molar-refractivity contribution is 9.10. The normalized spacial score (nSPS) is 10.8.